The normalized spacial score (nSPS) is 20.7. The van der Waals surface area contributed by atoms with Crippen LogP contribution < -0.4 is 10.6 Å². The number of nitrogens with one attached hydrogen (secondary N) is 2. The second-order valence-electron chi connectivity index (χ2n) is 6.67. The summed E-state index contributed by atoms with van der Waals surface area (Å²) in [5, 5.41) is 5.69. The van der Waals surface area contributed by atoms with Crippen molar-refractivity contribution in [3.8, 4) is 0 Å². The van der Waals surface area contributed by atoms with Crippen molar-refractivity contribution in [1.82, 2.24) is 10.2 Å². The largest absolute Gasteiger partial charge is 0.352 e. The van der Waals surface area contributed by atoms with Gasteiger partial charge < -0.3 is 10.6 Å². The zero-order valence-electron chi connectivity index (χ0n) is 14.3. The Labute approximate surface area is 142 Å². The Morgan fingerprint density at radius 3 is 2.62 bits per heavy atom. The second kappa shape index (κ2) is 8.78. The summed E-state index contributed by atoms with van der Waals surface area (Å²) in [7, 11) is 1.72. The molecule has 1 aromatic carbocycles. The van der Waals surface area contributed by atoms with Gasteiger partial charge in [0.05, 0.1) is 13.1 Å². The van der Waals surface area contributed by atoms with Gasteiger partial charge in [-0.2, -0.15) is 0 Å². The Hall–Kier alpha value is -1.95. The molecule has 0 radical (unpaired) electrons. The van der Waals surface area contributed by atoms with Crippen molar-refractivity contribution >= 4 is 17.5 Å². The van der Waals surface area contributed by atoms with Gasteiger partial charge in [0, 0.05) is 11.7 Å². The van der Waals surface area contributed by atoms with Crippen LogP contribution in [-0.2, 0) is 9.59 Å². The lowest BCUT2D eigenvalue weighted by atomic mass is 9.86. The van der Waals surface area contributed by atoms with Crippen LogP contribution in [0.2, 0.25) is 0 Å². The van der Waals surface area contributed by atoms with Crippen LogP contribution in [0.25, 0.3) is 0 Å². The molecule has 0 aliphatic heterocycles. The molecule has 132 valence electrons. The van der Waals surface area contributed by atoms with E-state index < -0.39 is 5.82 Å². The van der Waals surface area contributed by atoms with E-state index in [9.17, 15) is 14.0 Å². The SMILES string of the molecule is C[C@H]1CCCC[C@@H]1NC(=O)CN(C)CC(=O)Nc1cccc(F)c1. The zero-order valence-corrected chi connectivity index (χ0v) is 14.3. The summed E-state index contributed by atoms with van der Waals surface area (Å²) >= 11 is 0. The van der Waals surface area contributed by atoms with E-state index in [1.165, 1.54) is 24.6 Å². The summed E-state index contributed by atoms with van der Waals surface area (Å²) < 4.78 is 13.1. The second-order valence-corrected chi connectivity index (χ2v) is 6.67. The van der Waals surface area contributed by atoms with Crippen molar-refractivity contribution in [3.05, 3.63) is 30.1 Å². The summed E-state index contributed by atoms with van der Waals surface area (Å²) in [6.07, 6.45) is 4.56. The molecule has 2 atom stereocenters. The number of carbonyl (C=O) groups excluding carboxylic acids is 2. The maximum absolute atomic E-state index is 13.1. The van der Waals surface area contributed by atoms with E-state index in [0.29, 0.717) is 11.6 Å². The van der Waals surface area contributed by atoms with Gasteiger partial charge in [-0.25, -0.2) is 4.39 Å². The molecule has 0 spiro atoms. The third kappa shape index (κ3) is 5.92. The van der Waals surface area contributed by atoms with Gasteiger partial charge in [-0.3, -0.25) is 14.5 Å². The lowest BCUT2D eigenvalue weighted by Crippen LogP contribution is -2.46. The number of nitrogens with zero attached hydrogens (tertiary/aromatic N) is 1. The quantitative estimate of drug-likeness (QED) is 0.839. The predicted molar refractivity (Wildman–Crippen MR) is 92.1 cm³/mol. The molecule has 1 saturated carbocycles. The van der Waals surface area contributed by atoms with Crippen molar-refractivity contribution in [2.45, 2.75) is 38.6 Å². The highest BCUT2D eigenvalue weighted by atomic mass is 19.1. The number of anilines is 1. The zero-order chi connectivity index (χ0) is 17.5. The molecule has 0 saturated heterocycles. The van der Waals surface area contributed by atoms with Gasteiger partial charge in [-0.05, 0) is 44.0 Å². The molecule has 2 N–H and O–H groups in total. The van der Waals surface area contributed by atoms with E-state index in [4.69, 9.17) is 0 Å². The number of rotatable bonds is 6. The van der Waals surface area contributed by atoms with Gasteiger partial charge in [0.25, 0.3) is 0 Å². The number of carbonyl (C=O) groups is 2. The first-order valence-electron chi connectivity index (χ1n) is 8.47. The van der Waals surface area contributed by atoms with Crippen LogP contribution in [0.4, 0.5) is 10.1 Å². The topological polar surface area (TPSA) is 61.4 Å². The fraction of sp³-hybridized carbons (Fsp3) is 0.556. The van der Waals surface area contributed by atoms with Gasteiger partial charge in [-0.1, -0.05) is 25.8 Å². The van der Waals surface area contributed by atoms with Crippen LogP contribution in [-0.4, -0.2) is 42.9 Å². The fourth-order valence-electron chi connectivity index (χ4n) is 3.10. The minimum Gasteiger partial charge on any atom is -0.352 e. The van der Waals surface area contributed by atoms with Gasteiger partial charge in [0.1, 0.15) is 5.82 Å². The molecule has 0 unspecified atom stereocenters. The molecule has 2 rings (SSSR count). The minimum absolute atomic E-state index is 0.0604. The van der Waals surface area contributed by atoms with Crippen molar-refractivity contribution in [2.24, 2.45) is 5.92 Å². The number of likely N-dealkylation sites (N-methyl/N-ethyl adjacent to an activating group) is 1. The number of amides is 2. The van der Waals surface area contributed by atoms with Crippen LogP contribution in [0.1, 0.15) is 32.6 Å². The Kier molecular flexibility index (Phi) is 6.73. The summed E-state index contributed by atoms with van der Waals surface area (Å²) in [5.74, 6) is -0.233. The fourth-order valence-corrected chi connectivity index (χ4v) is 3.10. The van der Waals surface area contributed by atoms with Crippen LogP contribution in [0, 0.1) is 11.7 Å². The van der Waals surface area contributed by atoms with E-state index >= 15 is 0 Å². The molecule has 6 heteroatoms. The van der Waals surface area contributed by atoms with Gasteiger partial charge in [-0.15, -0.1) is 0 Å². The molecular weight excluding hydrogens is 309 g/mol. The average Bonchev–Trinajstić information content (AvgIpc) is 2.49. The lowest BCUT2D eigenvalue weighted by molar-refractivity contribution is -0.124. The van der Waals surface area contributed by atoms with Crippen LogP contribution in [0.3, 0.4) is 0 Å². The van der Waals surface area contributed by atoms with Crippen molar-refractivity contribution < 1.29 is 14.0 Å². The number of hydrogen-bond donors (Lipinski definition) is 2. The molecule has 1 aromatic rings. The van der Waals surface area contributed by atoms with Crippen molar-refractivity contribution in [2.75, 3.05) is 25.5 Å². The van der Waals surface area contributed by atoms with Crippen LogP contribution >= 0.6 is 0 Å². The van der Waals surface area contributed by atoms with Crippen molar-refractivity contribution in [3.63, 3.8) is 0 Å². The van der Waals surface area contributed by atoms with E-state index in [0.717, 1.165) is 19.3 Å². The molecule has 0 bridgehead atoms. The molecule has 1 aliphatic carbocycles. The highest BCUT2D eigenvalue weighted by Gasteiger charge is 2.23. The standard InChI is InChI=1S/C18H26FN3O2/c1-13-6-3-4-9-16(13)21-18(24)12-22(2)11-17(23)20-15-8-5-7-14(19)10-15/h5,7-8,10,13,16H,3-4,6,9,11-12H2,1-2H3,(H,20,23)(H,21,24)/t13-,16-/m0/s1. The molecule has 1 fully saturated rings. The van der Waals surface area contributed by atoms with E-state index in [1.54, 1.807) is 18.0 Å². The number of halogens is 1. The van der Waals surface area contributed by atoms with Crippen molar-refractivity contribution in [1.29, 1.82) is 0 Å². The van der Waals surface area contributed by atoms with E-state index in [1.807, 2.05) is 0 Å². The maximum atomic E-state index is 13.1. The minimum atomic E-state index is -0.401. The molecule has 24 heavy (non-hydrogen) atoms. The first-order valence-corrected chi connectivity index (χ1v) is 8.47. The number of benzene rings is 1. The summed E-state index contributed by atoms with van der Waals surface area (Å²) in [6, 6.07) is 5.97. The summed E-state index contributed by atoms with van der Waals surface area (Å²) in [6.45, 7) is 2.41. The summed E-state index contributed by atoms with van der Waals surface area (Å²) in [4.78, 5) is 25.7. The average molecular weight is 335 g/mol. The highest BCUT2D eigenvalue weighted by molar-refractivity contribution is 5.92. The summed E-state index contributed by atoms with van der Waals surface area (Å²) in [5.41, 5.74) is 0.411. The molecule has 0 aromatic heterocycles. The molecular formula is C18H26FN3O2. The Morgan fingerprint density at radius 1 is 1.21 bits per heavy atom. The number of hydrogen-bond acceptors (Lipinski definition) is 3. The maximum Gasteiger partial charge on any atom is 0.238 e. The van der Waals surface area contributed by atoms with Gasteiger partial charge in [0.2, 0.25) is 11.8 Å². The monoisotopic (exact) mass is 335 g/mol. The van der Waals surface area contributed by atoms with E-state index in [2.05, 4.69) is 17.6 Å². The van der Waals surface area contributed by atoms with Crippen LogP contribution in [0.15, 0.2) is 24.3 Å². The Morgan fingerprint density at radius 2 is 1.92 bits per heavy atom. The van der Waals surface area contributed by atoms with Gasteiger partial charge >= 0.3 is 0 Å². The highest BCUT2D eigenvalue weighted by Crippen LogP contribution is 2.23. The molecule has 0 heterocycles. The predicted octanol–water partition coefficient (Wildman–Crippen LogP) is 2.39. The van der Waals surface area contributed by atoms with Gasteiger partial charge in [0.15, 0.2) is 0 Å². The first-order chi connectivity index (χ1) is 11.4. The Bertz CT molecular complexity index is 579. The lowest BCUT2D eigenvalue weighted by Gasteiger charge is -2.30. The van der Waals surface area contributed by atoms with Crippen LogP contribution in [0.5, 0.6) is 0 Å². The first kappa shape index (κ1) is 18.4. The molecule has 1 aliphatic rings. The third-order valence-electron chi connectivity index (χ3n) is 4.39. The third-order valence-corrected chi connectivity index (χ3v) is 4.39. The van der Waals surface area contributed by atoms with E-state index in [-0.39, 0.29) is 30.9 Å². The molecule has 5 nitrogen and oxygen atoms in total. The molecule has 2 amide bonds. The smallest absolute Gasteiger partial charge is 0.238 e. The Balaban J connectivity index is 1.74.